The predicted molar refractivity (Wildman–Crippen MR) is 99.1 cm³/mol. The first-order valence-corrected chi connectivity index (χ1v) is 9.03. The van der Waals surface area contributed by atoms with Gasteiger partial charge < -0.3 is 19.5 Å². The summed E-state index contributed by atoms with van der Waals surface area (Å²) in [6, 6.07) is 5.74. The molecule has 0 saturated heterocycles. The van der Waals surface area contributed by atoms with Crippen LogP contribution < -0.4 is 14.8 Å². The summed E-state index contributed by atoms with van der Waals surface area (Å²) in [5.41, 5.74) is 1.78. The number of carbonyl (C=O) groups excluding carboxylic acids is 1. The molecule has 1 aromatic rings. The zero-order chi connectivity index (χ0) is 18.9. The van der Waals surface area contributed by atoms with Crippen molar-refractivity contribution in [3.05, 3.63) is 28.8 Å². The number of nitrogens with zero attached hydrogens (tertiary/aromatic N) is 1. The molecule has 1 aromatic carbocycles. The number of nitriles is 1. The summed E-state index contributed by atoms with van der Waals surface area (Å²) in [5.74, 6) is 1.03. The molecular weight excluding hydrogens is 332 g/mol. The van der Waals surface area contributed by atoms with E-state index in [4.69, 9.17) is 14.2 Å². The zero-order valence-electron chi connectivity index (χ0n) is 15.6. The third kappa shape index (κ3) is 5.24. The van der Waals surface area contributed by atoms with Crippen LogP contribution in [0.1, 0.15) is 38.3 Å². The minimum atomic E-state index is -0.402. The molecule has 1 amide bonds. The van der Waals surface area contributed by atoms with Crippen LogP contribution in [0, 0.1) is 11.3 Å². The third-order valence-electron chi connectivity index (χ3n) is 3.95. The highest BCUT2D eigenvalue weighted by molar-refractivity contribution is 6.02. The molecule has 1 atom stereocenters. The van der Waals surface area contributed by atoms with E-state index < -0.39 is 5.91 Å². The zero-order valence-corrected chi connectivity index (χ0v) is 15.6. The first kappa shape index (κ1) is 19.8. The molecule has 0 fully saturated rings. The van der Waals surface area contributed by atoms with Gasteiger partial charge in [-0.3, -0.25) is 4.79 Å². The molecule has 140 valence electrons. The quantitative estimate of drug-likeness (QED) is 0.417. The molecule has 2 rings (SSSR count). The van der Waals surface area contributed by atoms with Crippen molar-refractivity contribution in [2.24, 2.45) is 0 Å². The minimum Gasteiger partial charge on any atom is -0.493 e. The smallest absolute Gasteiger partial charge is 0.261 e. The van der Waals surface area contributed by atoms with Crippen molar-refractivity contribution in [3.8, 4) is 17.6 Å². The lowest BCUT2D eigenvalue weighted by Gasteiger charge is -2.11. The summed E-state index contributed by atoms with van der Waals surface area (Å²) in [7, 11) is 0. The monoisotopic (exact) mass is 358 g/mol. The maximum atomic E-state index is 12.3. The Balaban J connectivity index is 2.15. The van der Waals surface area contributed by atoms with E-state index in [-0.39, 0.29) is 11.7 Å². The van der Waals surface area contributed by atoms with Crippen molar-refractivity contribution >= 4 is 12.0 Å². The average molecular weight is 358 g/mol. The van der Waals surface area contributed by atoms with Gasteiger partial charge in [0, 0.05) is 37.3 Å². The van der Waals surface area contributed by atoms with E-state index in [0.29, 0.717) is 44.1 Å². The molecule has 1 aliphatic rings. The molecule has 0 aliphatic carbocycles. The normalized spacial score (nSPS) is 15.8. The number of ether oxygens (including phenoxy) is 3. The van der Waals surface area contributed by atoms with Crippen molar-refractivity contribution in [1.29, 1.82) is 5.26 Å². The number of carbonyl (C=O) groups is 1. The van der Waals surface area contributed by atoms with Crippen LogP contribution in [0.3, 0.4) is 0 Å². The van der Waals surface area contributed by atoms with Gasteiger partial charge in [-0.15, -0.1) is 0 Å². The van der Waals surface area contributed by atoms with Crippen molar-refractivity contribution in [2.75, 3.05) is 26.4 Å². The predicted octanol–water partition coefficient (Wildman–Crippen LogP) is 2.86. The standard InChI is InChI=1S/C20H26N2O4/c1-4-24-8-6-7-22-20(23)17(13-21)10-16-12-19-15(9-14(3)26-19)11-18(16)25-5-2/h10-12,14H,4-9H2,1-3H3,(H,22,23)/b17-10-. The summed E-state index contributed by atoms with van der Waals surface area (Å²) >= 11 is 0. The molecule has 1 aliphatic heterocycles. The topological polar surface area (TPSA) is 80.6 Å². The summed E-state index contributed by atoms with van der Waals surface area (Å²) in [4.78, 5) is 12.3. The van der Waals surface area contributed by atoms with E-state index in [9.17, 15) is 10.1 Å². The maximum Gasteiger partial charge on any atom is 0.261 e. The summed E-state index contributed by atoms with van der Waals surface area (Å²) in [6.07, 6.45) is 3.19. The van der Waals surface area contributed by atoms with Gasteiger partial charge in [0.25, 0.3) is 5.91 Å². The number of rotatable bonds is 9. The largest absolute Gasteiger partial charge is 0.493 e. The lowest BCUT2D eigenvalue weighted by molar-refractivity contribution is -0.117. The van der Waals surface area contributed by atoms with Gasteiger partial charge in [-0.05, 0) is 45.4 Å². The highest BCUT2D eigenvalue weighted by atomic mass is 16.5. The summed E-state index contributed by atoms with van der Waals surface area (Å²) < 4.78 is 16.7. The number of nitrogens with one attached hydrogen (secondary N) is 1. The van der Waals surface area contributed by atoms with Gasteiger partial charge in [0.05, 0.1) is 6.61 Å². The van der Waals surface area contributed by atoms with Gasteiger partial charge in [-0.25, -0.2) is 0 Å². The molecule has 0 radical (unpaired) electrons. The molecule has 1 heterocycles. The lowest BCUT2D eigenvalue weighted by atomic mass is 10.0. The Morgan fingerprint density at radius 1 is 1.42 bits per heavy atom. The van der Waals surface area contributed by atoms with Gasteiger partial charge in [-0.2, -0.15) is 5.26 Å². The fourth-order valence-electron chi connectivity index (χ4n) is 2.77. The van der Waals surface area contributed by atoms with Crippen molar-refractivity contribution in [2.45, 2.75) is 39.7 Å². The Morgan fingerprint density at radius 2 is 2.23 bits per heavy atom. The van der Waals surface area contributed by atoms with Crippen molar-refractivity contribution in [3.63, 3.8) is 0 Å². The molecule has 0 aromatic heterocycles. The van der Waals surface area contributed by atoms with Crippen LogP contribution in [0.5, 0.6) is 11.5 Å². The first-order valence-electron chi connectivity index (χ1n) is 9.03. The van der Waals surface area contributed by atoms with Crippen LogP contribution in [0.4, 0.5) is 0 Å². The second kappa shape index (κ2) is 9.83. The van der Waals surface area contributed by atoms with Gasteiger partial charge in [0.2, 0.25) is 0 Å². The van der Waals surface area contributed by atoms with Gasteiger partial charge in [0.15, 0.2) is 0 Å². The average Bonchev–Trinajstić information content (AvgIpc) is 2.98. The minimum absolute atomic E-state index is 0.0355. The first-order chi connectivity index (χ1) is 12.6. The SMILES string of the molecule is CCOCCCNC(=O)/C(C#N)=C\c1cc2c(cc1OCC)CC(C)O2. The molecule has 0 bridgehead atoms. The van der Waals surface area contributed by atoms with E-state index in [1.165, 1.54) is 0 Å². The molecule has 0 spiro atoms. The van der Waals surface area contributed by atoms with Gasteiger partial charge >= 0.3 is 0 Å². The van der Waals surface area contributed by atoms with E-state index >= 15 is 0 Å². The van der Waals surface area contributed by atoms with E-state index in [0.717, 1.165) is 17.7 Å². The Hall–Kier alpha value is -2.52. The van der Waals surface area contributed by atoms with E-state index in [1.807, 2.05) is 39.0 Å². The van der Waals surface area contributed by atoms with Gasteiger partial charge in [-0.1, -0.05) is 0 Å². The van der Waals surface area contributed by atoms with E-state index in [1.54, 1.807) is 6.08 Å². The van der Waals surface area contributed by atoms with Crippen LogP contribution in [0.15, 0.2) is 17.7 Å². The van der Waals surface area contributed by atoms with Gasteiger partial charge in [0.1, 0.15) is 29.2 Å². The third-order valence-corrected chi connectivity index (χ3v) is 3.95. The van der Waals surface area contributed by atoms with Crippen LogP contribution in [0.2, 0.25) is 0 Å². The van der Waals surface area contributed by atoms with Crippen molar-refractivity contribution < 1.29 is 19.0 Å². The molecule has 1 unspecified atom stereocenters. The summed E-state index contributed by atoms with van der Waals surface area (Å²) in [6.45, 7) is 8.02. The van der Waals surface area contributed by atoms with Crippen LogP contribution in [-0.4, -0.2) is 38.4 Å². The highest BCUT2D eigenvalue weighted by Crippen LogP contribution is 2.36. The molecule has 26 heavy (non-hydrogen) atoms. The van der Waals surface area contributed by atoms with Crippen LogP contribution >= 0.6 is 0 Å². The van der Waals surface area contributed by atoms with Crippen LogP contribution in [-0.2, 0) is 16.0 Å². The summed E-state index contributed by atoms with van der Waals surface area (Å²) in [5, 5.41) is 12.1. The number of hydrogen-bond donors (Lipinski definition) is 1. The molecule has 0 saturated carbocycles. The number of hydrogen-bond acceptors (Lipinski definition) is 5. The molecule has 6 heteroatoms. The number of fused-ring (bicyclic) bond motifs is 1. The Labute approximate surface area is 154 Å². The van der Waals surface area contributed by atoms with Crippen LogP contribution in [0.25, 0.3) is 6.08 Å². The van der Waals surface area contributed by atoms with Crippen molar-refractivity contribution in [1.82, 2.24) is 5.32 Å². The fraction of sp³-hybridized carbons (Fsp3) is 0.500. The number of amides is 1. The lowest BCUT2D eigenvalue weighted by Crippen LogP contribution is -2.26. The Morgan fingerprint density at radius 3 is 2.92 bits per heavy atom. The second-order valence-electron chi connectivity index (χ2n) is 6.04. The fourth-order valence-corrected chi connectivity index (χ4v) is 2.77. The molecular formula is C20H26N2O4. The second-order valence-corrected chi connectivity index (χ2v) is 6.04. The Kier molecular flexibility index (Phi) is 7.49. The Bertz CT molecular complexity index is 706. The maximum absolute atomic E-state index is 12.3. The molecule has 6 nitrogen and oxygen atoms in total. The highest BCUT2D eigenvalue weighted by Gasteiger charge is 2.22. The number of benzene rings is 1. The van der Waals surface area contributed by atoms with E-state index in [2.05, 4.69) is 5.32 Å². The molecule has 1 N–H and O–H groups in total.